The second-order valence-electron chi connectivity index (χ2n) is 5.03. The van der Waals surface area contributed by atoms with E-state index < -0.39 is 23.6 Å². The first-order chi connectivity index (χ1) is 12.2. The van der Waals surface area contributed by atoms with Gasteiger partial charge in [-0.1, -0.05) is 23.7 Å². The Morgan fingerprint density at radius 2 is 1.65 bits per heavy atom. The molecule has 26 heavy (non-hydrogen) atoms. The molecular formula is C17H14ClF3N2O3. The van der Waals surface area contributed by atoms with Crippen molar-refractivity contribution in [3.8, 4) is 5.75 Å². The van der Waals surface area contributed by atoms with Gasteiger partial charge in [0.1, 0.15) is 5.75 Å². The molecule has 9 heteroatoms. The van der Waals surface area contributed by atoms with Crippen molar-refractivity contribution in [2.24, 2.45) is 0 Å². The third-order valence-corrected chi connectivity index (χ3v) is 3.51. The minimum Gasteiger partial charge on any atom is -0.492 e. The van der Waals surface area contributed by atoms with E-state index in [2.05, 4.69) is 10.6 Å². The van der Waals surface area contributed by atoms with Gasteiger partial charge in [0, 0.05) is 0 Å². The van der Waals surface area contributed by atoms with Gasteiger partial charge in [0.25, 0.3) is 0 Å². The number of hydrogen-bond acceptors (Lipinski definition) is 3. The number of amides is 2. The van der Waals surface area contributed by atoms with Gasteiger partial charge in [-0.2, -0.15) is 13.2 Å². The number of halogens is 4. The van der Waals surface area contributed by atoms with Crippen molar-refractivity contribution in [3.63, 3.8) is 0 Å². The highest BCUT2D eigenvalue weighted by molar-refractivity contribution is 6.45. The van der Waals surface area contributed by atoms with Crippen molar-refractivity contribution in [1.29, 1.82) is 0 Å². The van der Waals surface area contributed by atoms with E-state index >= 15 is 0 Å². The van der Waals surface area contributed by atoms with Gasteiger partial charge < -0.3 is 15.4 Å². The van der Waals surface area contributed by atoms with E-state index in [9.17, 15) is 22.8 Å². The third kappa shape index (κ3) is 4.89. The minimum atomic E-state index is -4.61. The lowest BCUT2D eigenvalue weighted by atomic mass is 10.2. The van der Waals surface area contributed by atoms with E-state index in [1.807, 2.05) is 0 Å². The summed E-state index contributed by atoms with van der Waals surface area (Å²) in [5, 5.41) is 4.28. The van der Waals surface area contributed by atoms with E-state index in [0.29, 0.717) is 18.4 Å². The monoisotopic (exact) mass is 386 g/mol. The number of carbonyl (C=O) groups excluding carboxylic acids is 2. The van der Waals surface area contributed by atoms with Crippen LogP contribution in [-0.4, -0.2) is 18.4 Å². The van der Waals surface area contributed by atoms with Crippen LogP contribution in [0, 0.1) is 0 Å². The predicted molar refractivity (Wildman–Crippen MR) is 91.3 cm³/mol. The molecule has 0 unspecified atom stereocenters. The fourth-order valence-corrected chi connectivity index (χ4v) is 2.17. The molecule has 0 aliphatic rings. The van der Waals surface area contributed by atoms with Crippen LogP contribution in [0.2, 0.25) is 5.02 Å². The van der Waals surface area contributed by atoms with Gasteiger partial charge in [0.05, 0.1) is 28.6 Å². The summed E-state index contributed by atoms with van der Waals surface area (Å²) in [6, 6.07) is 8.84. The Bertz CT molecular complexity index is 825. The van der Waals surface area contributed by atoms with E-state index in [-0.39, 0.29) is 16.4 Å². The van der Waals surface area contributed by atoms with Crippen molar-refractivity contribution in [2.45, 2.75) is 13.1 Å². The first kappa shape index (κ1) is 19.6. The smallest absolute Gasteiger partial charge is 0.416 e. The summed E-state index contributed by atoms with van der Waals surface area (Å²) >= 11 is 5.79. The molecule has 138 valence electrons. The molecule has 5 nitrogen and oxygen atoms in total. The Kier molecular flexibility index (Phi) is 6.10. The SMILES string of the molecule is CCOc1ccccc1NC(=O)C(=O)Nc1cc(C(F)(F)F)ccc1Cl. The molecule has 0 saturated heterocycles. The number of para-hydroxylation sites is 2. The van der Waals surface area contributed by atoms with Crippen LogP contribution >= 0.6 is 11.6 Å². The number of rotatable bonds is 4. The number of alkyl halides is 3. The summed E-state index contributed by atoms with van der Waals surface area (Å²) in [6.07, 6.45) is -4.61. The number of ether oxygens (including phenoxy) is 1. The summed E-state index contributed by atoms with van der Waals surface area (Å²) in [6.45, 7) is 2.10. The molecule has 2 amide bonds. The van der Waals surface area contributed by atoms with Crippen LogP contribution in [0.4, 0.5) is 24.5 Å². The van der Waals surface area contributed by atoms with Gasteiger partial charge in [-0.25, -0.2) is 0 Å². The van der Waals surface area contributed by atoms with Crippen molar-refractivity contribution in [2.75, 3.05) is 17.2 Å². The Labute approximate surface area is 152 Å². The predicted octanol–water partition coefficient (Wildman–Crippen LogP) is 4.33. The molecular weight excluding hydrogens is 373 g/mol. The first-order valence-corrected chi connectivity index (χ1v) is 7.81. The second-order valence-corrected chi connectivity index (χ2v) is 5.44. The maximum atomic E-state index is 12.8. The van der Waals surface area contributed by atoms with Crippen molar-refractivity contribution in [1.82, 2.24) is 0 Å². The van der Waals surface area contributed by atoms with Crippen LogP contribution in [-0.2, 0) is 15.8 Å². The summed E-state index contributed by atoms with van der Waals surface area (Å²) in [5.41, 5.74) is -1.07. The van der Waals surface area contributed by atoms with E-state index in [4.69, 9.17) is 16.3 Å². The highest BCUT2D eigenvalue weighted by Crippen LogP contribution is 2.33. The first-order valence-electron chi connectivity index (χ1n) is 7.43. The molecule has 0 atom stereocenters. The lowest BCUT2D eigenvalue weighted by Gasteiger charge is -2.13. The Morgan fingerprint density at radius 1 is 1.04 bits per heavy atom. The zero-order valence-corrected chi connectivity index (χ0v) is 14.2. The number of benzene rings is 2. The van der Waals surface area contributed by atoms with Gasteiger partial charge in [-0.15, -0.1) is 0 Å². The molecule has 0 aliphatic heterocycles. The minimum absolute atomic E-state index is 0.131. The second kappa shape index (κ2) is 8.09. The Morgan fingerprint density at radius 3 is 2.27 bits per heavy atom. The van der Waals surface area contributed by atoms with Crippen molar-refractivity contribution < 1.29 is 27.5 Å². The Balaban J connectivity index is 2.14. The number of hydrogen-bond donors (Lipinski definition) is 2. The van der Waals surface area contributed by atoms with Gasteiger partial charge in [-0.05, 0) is 37.3 Å². The molecule has 0 aliphatic carbocycles. The molecule has 0 saturated carbocycles. The van der Waals surface area contributed by atoms with Gasteiger partial charge in [-0.3, -0.25) is 9.59 Å². The summed E-state index contributed by atoms with van der Waals surface area (Å²) in [7, 11) is 0. The molecule has 2 N–H and O–H groups in total. The molecule has 0 fully saturated rings. The van der Waals surface area contributed by atoms with Crippen LogP contribution < -0.4 is 15.4 Å². The van der Waals surface area contributed by atoms with Crippen molar-refractivity contribution in [3.05, 3.63) is 53.1 Å². The number of nitrogens with one attached hydrogen (secondary N) is 2. The number of carbonyl (C=O) groups is 2. The third-order valence-electron chi connectivity index (χ3n) is 3.18. The van der Waals surface area contributed by atoms with Crippen LogP contribution in [0.1, 0.15) is 12.5 Å². The number of anilines is 2. The molecule has 2 aromatic rings. The molecule has 0 aromatic heterocycles. The van der Waals surface area contributed by atoms with E-state index in [1.54, 1.807) is 25.1 Å². The summed E-state index contributed by atoms with van der Waals surface area (Å²) in [5.74, 6) is -1.89. The quantitative estimate of drug-likeness (QED) is 0.768. The molecule has 0 spiro atoms. The average molecular weight is 387 g/mol. The van der Waals surface area contributed by atoms with Crippen LogP contribution in [0.3, 0.4) is 0 Å². The topological polar surface area (TPSA) is 67.4 Å². The lowest BCUT2D eigenvalue weighted by molar-refractivity contribution is -0.137. The molecule has 2 aromatic carbocycles. The summed E-state index contributed by atoms with van der Waals surface area (Å²) in [4.78, 5) is 24.0. The summed E-state index contributed by atoms with van der Waals surface area (Å²) < 4.78 is 43.6. The molecule has 0 bridgehead atoms. The van der Waals surface area contributed by atoms with Crippen molar-refractivity contribution >= 4 is 34.8 Å². The Hall–Kier alpha value is -2.74. The van der Waals surface area contributed by atoms with Gasteiger partial charge in [0.15, 0.2) is 0 Å². The van der Waals surface area contributed by atoms with Crippen LogP contribution in [0.15, 0.2) is 42.5 Å². The van der Waals surface area contributed by atoms with Crippen LogP contribution in [0.25, 0.3) is 0 Å². The maximum Gasteiger partial charge on any atom is 0.416 e. The highest BCUT2D eigenvalue weighted by atomic mass is 35.5. The van der Waals surface area contributed by atoms with Gasteiger partial charge in [0.2, 0.25) is 0 Å². The van der Waals surface area contributed by atoms with E-state index in [1.165, 1.54) is 6.07 Å². The molecule has 0 heterocycles. The normalized spacial score (nSPS) is 11.0. The van der Waals surface area contributed by atoms with Crippen LogP contribution in [0.5, 0.6) is 5.75 Å². The van der Waals surface area contributed by atoms with E-state index in [0.717, 1.165) is 12.1 Å². The lowest BCUT2D eigenvalue weighted by Crippen LogP contribution is -2.29. The fourth-order valence-electron chi connectivity index (χ4n) is 2.01. The highest BCUT2D eigenvalue weighted by Gasteiger charge is 2.31. The zero-order chi connectivity index (χ0) is 19.3. The van der Waals surface area contributed by atoms with Gasteiger partial charge >= 0.3 is 18.0 Å². The molecule has 2 rings (SSSR count). The molecule has 0 radical (unpaired) electrons. The fraction of sp³-hybridized carbons (Fsp3) is 0.176. The standard InChI is InChI=1S/C17H14ClF3N2O3/c1-2-26-14-6-4-3-5-12(14)22-15(24)16(25)23-13-9-10(17(19,20)21)7-8-11(13)18/h3-9H,2H2,1H3,(H,22,24)(H,23,25). The largest absolute Gasteiger partial charge is 0.492 e. The zero-order valence-electron chi connectivity index (χ0n) is 13.5. The maximum absolute atomic E-state index is 12.8. The average Bonchev–Trinajstić information content (AvgIpc) is 2.57.